The molecule has 1 aliphatic heterocycles. The maximum atomic E-state index is 10.1. The van der Waals surface area contributed by atoms with Crippen molar-refractivity contribution in [3.05, 3.63) is 34.0 Å². The van der Waals surface area contributed by atoms with Crippen LogP contribution >= 0.6 is 0 Å². The summed E-state index contributed by atoms with van der Waals surface area (Å²) in [5.74, 6) is 0.819. The summed E-state index contributed by atoms with van der Waals surface area (Å²) in [5, 5.41) is 10.1. The van der Waals surface area contributed by atoms with Gasteiger partial charge < -0.3 is 9.30 Å². The number of hydrogen-bond donors (Lipinski definition) is 0. The van der Waals surface area contributed by atoms with Crippen molar-refractivity contribution in [2.45, 2.75) is 13.2 Å². The van der Waals surface area contributed by atoms with Gasteiger partial charge in [0.25, 0.3) is 0 Å². The highest BCUT2D eigenvalue weighted by molar-refractivity contribution is 5.42. The highest BCUT2D eigenvalue weighted by Crippen LogP contribution is 2.10. The van der Waals surface area contributed by atoms with Gasteiger partial charge in [0.1, 0.15) is 12.4 Å². The van der Waals surface area contributed by atoms with Crippen molar-refractivity contribution >= 4 is 6.08 Å². The van der Waals surface area contributed by atoms with Gasteiger partial charge in [-0.15, -0.1) is 0 Å². The maximum Gasteiger partial charge on any atom is 0.236 e. The predicted octanol–water partition coefficient (Wildman–Crippen LogP) is 0.661. The van der Waals surface area contributed by atoms with Gasteiger partial charge in [-0.3, -0.25) is 10.1 Å². The van der Waals surface area contributed by atoms with Gasteiger partial charge in [0.2, 0.25) is 6.20 Å². The van der Waals surface area contributed by atoms with Crippen LogP contribution in [-0.2, 0) is 17.9 Å². The SMILES string of the molecule is O=[N+]([O-])C=Cc1cn2c(n1)COCC2. The van der Waals surface area contributed by atoms with Crippen LogP contribution in [0.3, 0.4) is 0 Å². The molecule has 0 fully saturated rings. The highest BCUT2D eigenvalue weighted by Gasteiger charge is 2.11. The van der Waals surface area contributed by atoms with Crippen LogP contribution in [-0.4, -0.2) is 21.1 Å². The molecule has 6 heteroatoms. The fourth-order valence-corrected chi connectivity index (χ4v) is 1.33. The van der Waals surface area contributed by atoms with Crippen LogP contribution in [0, 0.1) is 10.1 Å². The number of hydrogen-bond acceptors (Lipinski definition) is 4. The number of aromatic nitrogens is 2. The minimum atomic E-state index is -0.505. The molecule has 74 valence electrons. The lowest BCUT2D eigenvalue weighted by Crippen LogP contribution is -2.15. The number of fused-ring (bicyclic) bond motifs is 1. The number of ether oxygens (including phenoxy) is 1. The lowest BCUT2D eigenvalue weighted by molar-refractivity contribution is -0.401. The summed E-state index contributed by atoms with van der Waals surface area (Å²) in [5.41, 5.74) is 0.599. The molecule has 0 N–H and O–H groups in total. The van der Waals surface area contributed by atoms with E-state index in [9.17, 15) is 10.1 Å². The minimum absolute atomic E-state index is 0.478. The Hall–Kier alpha value is -1.69. The Labute approximate surface area is 80.0 Å². The molecule has 1 aromatic heterocycles. The molecule has 6 nitrogen and oxygen atoms in total. The molecular formula is C8H9N3O3. The first-order valence-corrected chi connectivity index (χ1v) is 4.21. The zero-order valence-electron chi connectivity index (χ0n) is 7.42. The predicted molar refractivity (Wildman–Crippen MR) is 47.9 cm³/mol. The van der Waals surface area contributed by atoms with Crippen LogP contribution < -0.4 is 0 Å². The molecule has 0 amide bonds. The molecule has 2 rings (SSSR count). The zero-order valence-corrected chi connectivity index (χ0v) is 7.42. The second-order valence-corrected chi connectivity index (χ2v) is 2.93. The van der Waals surface area contributed by atoms with Crippen molar-refractivity contribution in [1.29, 1.82) is 0 Å². The lowest BCUT2D eigenvalue weighted by atomic mass is 10.4. The molecule has 0 spiro atoms. The summed E-state index contributed by atoms with van der Waals surface area (Å²) in [6, 6.07) is 0. The van der Waals surface area contributed by atoms with E-state index in [4.69, 9.17) is 4.74 Å². The number of imidazole rings is 1. The molecule has 0 aliphatic carbocycles. The Morgan fingerprint density at radius 1 is 1.71 bits per heavy atom. The van der Waals surface area contributed by atoms with E-state index < -0.39 is 4.92 Å². The second-order valence-electron chi connectivity index (χ2n) is 2.93. The van der Waals surface area contributed by atoms with E-state index in [2.05, 4.69) is 4.98 Å². The fourth-order valence-electron chi connectivity index (χ4n) is 1.33. The third-order valence-corrected chi connectivity index (χ3v) is 1.95. The van der Waals surface area contributed by atoms with E-state index >= 15 is 0 Å². The standard InChI is InChI=1S/C8H9N3O3/c12-11(13)2-1-7-5-10-3-4-14-6-8(10)9-7/h1-2,5H,3-4,6H2. The zero-order chi connectivity index (χ0) is 9.97. The molecule has 0 radical (unpaired) electrons. The van der Waals surface area contributed by atoms with Crippen molar-refractivity contribution in [2.24, 2.45) is 0 Å². The summed E-state index contributed by atoms with van der Waals surface area (Å²) in [4.78, 5) is 13.7. The molecular weight excluding hydrogens is 186 g/mol. The fraction of sp³-hybridized carbons (Fsp3) is 0.375. The topological polar surface area (TPSA) is 70.2 Å². The third-order valence-electron chi connectivity index (χ3n) is 1.95. The molecule has 14 heavy (non-hydrogen) atoms. The van der Waals surface area contributed by atoms with Gasteiger partial charge in [-0.2, -0.15) is 0 Å². The van der Waals surface area contributed by atoms with Crippen LogP contribution in [0.25, 0.3) is 6.08 Å². The summed E-state index contributed by atoms with van der Waals surface area (Å²) in [7, 11) is 0. The molecule has 0 aromatic carbocycles. The van der Waals surface area contributed by atoms with Crippen molar-refractivity contribution in [1.82, 2.24) is 9.55 Å². The van der Waals surface area contributed by atoms with Gasteiger partial charge in [0.05, 0.1) is 17.2 Å². The summed E-state index contributed by atoms with van der Waals surface area (Å²) >= 11 is 0. The smallest absolute Gasteiger partial charge is 0.236 e. The quantitative estimate of drug-likeness (QED) is 0.513. The van der Waals surface area contributed by atoms with E-state index in [-0.39, 0.29) is 0 Å². The molecule has 0 unspecified atom stereocenters. The maximum absolute atomic E-state index is 10.1. The first kappa shape index (κ1) is 8.89. The van der Waals surface area contributed by atoms with Gasteiger partial charge in [-0.05, 0) is 0 Å². The Balaban J connectivity index is 2.20. The summed E-state index contributed by atoms with van der Waals surface area (Å²) in [6.07, 6.45) is 4.05. The van der Waals surface area contributed by atoms with Gasteiger partial charge in [-0.25, -0.2) is 4.98 Å². The van der Waals surface area contributed by atoms with Crippen molar-refractivity contribution < 1.29 is 9.66 Å². The minimum Gasteiger partial charge on any atom is -0.372 e. The van der Waals surface area contributed by atoms with Gasteiger partial charge in [-0.1, -0.05) is 0 Å². The van der Waals surface area contributed by atoms with E-state index in [0.29, 0.717) is 18.9 Å². The van der Waals surface area contributed by atoms with E-state index in [1.807, 2.05) is 4.57 Å². The third kappa shape index (κ3) is 1.80. The molecule has 2 heterocycles. The van der Waals surface area contributed by atoms with Crippen LogP contribution in [0.4, 0.5) is 0 Å². The second kappa shape index (κ2) is 3.59. The monoisotopic (exact) mass is 195 g/mol. The Morgan fingerprint density at radius 2 is 2.57 bits per heavy atom. The highest BCUT2D eigenvalue weighted by atomic mass is 16.6. The summed E-state index contributed by atoms with van der Waals surface area (Å²) < 4.78 is 7.14. The van der Waals surface area contributed by atoms with E-state index in [1.54, 1.807) is 6.20 Å². The number of nitro groups is 1. The normalized spacial score (nSPS) is 15.7. The van der Waals surface area contributed by atoms with Gasteiger partial charge >= 0.3 is 0 Å². The molecule has 1 aromatic rings. The molecule has 0 saturated carbocycles. The first-order valence-electron chi connectivity index (χ1n) is 4.21. The Kier molecular flexibility index (Phi) is 2.28. The largest absolute Gasteiger partial charge is 0.372 e. The van der Waals surface area contributed by atoms with Crippen LogP contribution in [0.2, 0.25) is 0 Å². The van der Waals surface area contributed by atoms with Crippen LogP contribution in [0.15, 0.2) is 12.4 Å². The van der Waals surface area contributed by atoms with Crippen LogP contribution in [0.1, 0.15) is 11.5 Å². The van der Waals surface area contributed by atoms with Crippen molar-refractivity contribution in [2.75, 3.05) is 6.61 Å². The first-order chi connectivity index (χ1) is 6.75. The summed E-state index contributed by atoms with van der Waals surface area (Å²) in [6.45, 7) is 1.91. The Morgan fingerprint density at radius 3 is 3.29 bits per heavy atom. The van der Waals surface area contributed by atoms with Crippen LogP contribution in [0.5, 0.6) is 0 Å². The molecule has 0 bridgehead atoms. The molecule has 0 saturated heterocycles. The number of nitrogens with zero attached hydrogens (tertiary/aromatic N) is 3. The van der Waals surface area contributed by atoms with Gasteiger partial charge in [0, 0.05) is 18.8 Å². The van der Waals surface area contributed by atoms with Crippen molar-refractivity contribution in [3.8, 4) is 0 Å². The van der Waals surface area contributed by atoms with Crippen molar-refractivity contribution in [3.63, 3.8) is 0 Å². The molecule has 1 aliphatic rings. The van der Waals surface area contributed by atoms with E-state index in [0.717, 1.165) is 18.6 Å². The Bertz CT molecular complexity index is 360. The van der Waals surface area contributed by atoms with E-state index in [1.165, 1.54) is 6.08 Å². The average molecular weight is 195 g/mol. The molecule has 0 atom stereocenters. The average Bonchev–Trinajstić information content (AvgIpc) is 2.57. The number of rotatable bonds is 2. The lowest BCUT2D eigenvalue weighted by Gasteiger charge is -2.13. The van der Waals surface area contributed by atoms with Gasteiger partial charge in [0.15, 0.2) is 0 Å².